The van der Waals surface area contributed by atoms with E-state index in [4.69, 9.17) is 14.9 Å². The molecule has 0 aliphatic heterocycles. The van der Waals surface area contributed by atoms with Crippen LogP contribution in [0.4, 0.5) is 5.69 Å². The van der Waals surface area contributed by atoms with Crippen LogP contribution in [0.2, 0.25) is 0 Å². The van der Waals surface area contributed by atoms with Crippen molar-refractivity contribution in [1.29, 1.82) is 0 Å². The average molecular weight is 491 g/mol. The summed E-state index contributed by atoms with van der Waals surface area (Å²) in [5, 5.41) is 14.6. The van der Waals surface area contributed by atoms with Crippen molar-refractivity contribution >= 4 is 33.4 Å². The van der Waals surface area contributed by atoms with E-state index in [1.54, 1.807) is 4.80 Å². The van der Waals surface area contributed by atoms with Crippen molar-refractivity contribution in [2.24, 2.45) is 0 Å². The summed E-state index contributed by atoms with van der Waals surface area (Å²) in [6.45, 7) is 1.90. The summed E-state index contributed by atoms with van der Waals surface area (Å²) in [6, 6.07) is 26.3. The normalized spacial score (nSPS) is 14.2. The van der Waals surface area contributed by atoms with E-state index in [-0.39, 0.29) is 12.5 Å². The van der Waals surface area contributed by atoms with Gasteiger partial charge in [0.25, 0.3) is 5.91 Å². The first kappa shape index (κ1) is 23.2. The number of rotatable bonds is 6. The first-order valence-corrected chi connectivity index (χ1v) is 13.0. The van der Waals surface area contributed by atoms with Crippen LogP contribution in [0.5, 0.6) is 5.75 Å². The lowest BCUT2D eigenvalue weighted by Gasteiger charge is -2.22. The molecule has 1 heterocycles. The molecule has 1 aliphatic rings. The van der Waals surface area contributed by atoms with Crippen molar-refractivity contribution in [2.45, 2.75) is 44.9 Å². The van der Waals surface area contributed by atoms with Crippen LogP contribution in [0.15, 0.2) is 78.9 Å². The number of nitrogens with zero attached hydrogens (tertiary/aromatic N) is 3. The molecule has 0 atom stereocenters. The van der Waals surface area contributed by atoms with E-state index in [1.165, 1.54) is 37.7 Å². The van der Waals surface area contributed by atoms with E-state index in [1.807, 2.05) is 55.5 Å². The maximum atomic E-state index is 12.7. The molecule has 5 aromatic rings. The molecule has 1 aliphatic carbocycles. The molecule has 1 aromatic heterocycles. The van der Waals surface area contributed by atoms with E-state index < -0.39 is 0 Å². The lowest BCUT2D eigenvalue weighted by Crippen LogP contribution is -2.20. The molecule has 1 amide bonds. The third-order valence-corrected chi connectivity index (χ3v) is 7.31. The minimum absolute atomic E-state index is 0.0526. The van der Waals surface area contributed by atoms with Crippen LogP contribution in [0, 0.1) is 6.92 Å². The number of anilines is 1. The first-order valence-electron chi connectivity index (χ1n) is 13.0. The summed E-state index contributed by atoms with van der Waals surface area (Å²) in [7, 11) is 0. The molecule has 1 fully saturated rings. The number of fused-ring (bicyclic) bond motifs is 2. The lowest BCUT2D eigenvalue weighted by atomic mass is 9.84. The Morgan fingerprint density at radius 1 is 0.919 bits per heavy atom. The van der Waals surface area contributed by atoms with Gasteiger partial charge in [-0.15, -0.1) is 15.0 Å². The molecule has 0 radical (unpaired) electrons. The fourth-order valence-electron chi connectivity index (χ4n) is 5.30. The molecular weight excluding hydrogens is 460 g/mol. The van der Waals surface area contributed by atoms with Crippen molar-refractivity contribution in [2.75, 3.05) is 11.9 Å². The third kappa shape index (κ3) is 4.92. The van der Waals surface area contributed by atoms with Gasteiger partial charge in [-0.3, -0.25) is 4.79 Å². The number of nitrogens with one attached hydrogen (secondary N) is 1. The Balaban J connectivity index is 1.14. The van der Waals surface area contributed by atoms with Gasteiger partial charge in [-0.1, -0.05) is 67.8 Å². The summed E-state index contributed by atoms with van der Waals surface area (Å²) < 4.78 is 5.77. The van der Waals surface area contributed by atoms with Crippen LogP contribution in [-0.4, -0.2) is 27.5 Å². The number of hydrogen-bond donors (Lipinski definition) is 1. The Kier molecular flexibility index (Phi) is 6.31. The molecule has 1 N–H and O–H groups in total. The summed E-state index contributed by atoms with van der Waals surface area (Å²) in [4.78, 5) is 14.3. The molecule has 4 aromatic carbocycles. The molecule has 0 spiro atoms. The number of carbonyl (C=O) groups is 1. The van der Waals surface area contributed by atoms with Gasteiger partial charge in [-0.25, -0.2) is 0 Å². The Bertz CT molecular complexity index is 1560. The molecule has 0 unspecified atom stereocenters. The van der Waals surface area contributed by atoms with Crippen LogP contribution in [0.25, 0.3) is 27.5 Å². The van der Waals surface area contributed by atoms with Gasteiger partial charge in [0.2, 0.25) is 0 Å². The van der Waals surface area contributed by atoms with E-state index in [0.717, 1.165) is 27.5 Å². The van der Waals surface area contributed by atoms with Crippen molar-refractivity contribution in [1.82, 2.24) is 15.0 Å². The SMILES string of the molecule is Cc1cc2nn(-c3cccc4ccccc34)nc2cc1NC(=O)COc1ccc(C2CCCCC2)cc1. The predicted octanol–water partition coefficient (Wildman–Crippen LogP) is 6.95. The molecule has 6 nitrogen and oxygen atoms in total. The zero-order valence-corrected chi connectivity index (χ0v) is 21.0. The van der Waals surface area contributed by atoms with Crippen molar-refractivity contribution < 1.29 is 9.53 Å². The fraction of sp³-hybridized carbons (Fsp3) is 0.258. The second-order valence-corrected chi connectivity index (χ2v) is 9.88. The van der Waals surface area contributed by atoms with Crippen molar-refractivity contribution in [3.8, 4) is 11.4 Å². The highest BCUT2D eigenvalue weighted by Crippen LogP contribution is 2.33. The van der Waals surface area contributed by atoms with Gasteiger partial charge in [0.05, 0.1) is 5.69 Å². The van der Waals surface area contributed by atoms with Gasteiger partial charge >= 0.3 is 0 Å². The van der Waals surface area contributed by atoms with Gasteiger partial charge in [-0.05, 0) is 72.5 Å². The second-order valence-electron chi connectivity index (χ2n) is 9.88. The van der Waals surface area contributed by atoms with Crippen LogP contribution in [0.3, 0.4) is 0 Å². The maximum absolute atomic E-state index is 12.7. The largest absolute Gasteiger partial charge is 0.484 e. The average Bonchev–Trinajstić information content (AvgIpc) is 3.35. The van der Waals surface area contributed by atoms with Gasteiger partial charge in [0.15, 0.2) is 6.61 Å². The van der Waals surface area contributed by atoms with E-state index in [9.17, 15) is 4.79 Å². The highest BCUT2D eigenvalue weighted by atomic mass is 16.5. The van der Waals surface area contributed by atoms with Crippen molar-refractivity contribution in [3.05, 3.63) is 90.0 Å². The summed E-state index contributed by atoms with van der Waals surface area (Å²) in [5.41, 5.74) is 5.41. The quantitative estimate of drug-likeness (QED) is 0.280. The number of benzene rings is 4. The monoisotopic (exact) mass is 490 g/mol. The molecular formula is C31H30N4O2. The minimum atomic E-state index is -0.208. The zero-order valence-electron chi connectivity index (χ0n) is 21.0. The highest BCUT2D eigenvalue weighted by Gasteiger charge is 2.16. The minimum Gasteiger partial charge on any atom is -0.484 e. The predicted molar refractivity (Wildman–Crippen MR) is 148 cm³/mol. The molecule has 186 valence electrons. The maximum Gasteiger partial charge on any atom is 0.262 e. The van der Waals surface area contributed by atoms with Crippen LogP contribution >= 0.6 is 0 Å². The number of ether oxygens (including phenoxy) is 1. The molecule has 0 bridgehead atoms. The summed E-state index contributed by atoms with van der Waals surface area (Å²) in [5.74, 6) is 1.16. The van der Waals surface area contributed by atoms with Crippen LogP contribution in [0.1, 0.15) is 49.1 Å². The van der Waals surface area contributed by atoms with Gasteiger partial charge in [-0.2, -0.15) is 0 Å². The van der Waals surface area contributed by atoms with Gasteiger partial charge < -0.3 is 10.1 Å². The fourth-order valence-corrected chi connectivity index (χ4v) is 5.30. The number of amides is 1. The first-order chi connectivity index (χ1) is 18.1. The van der Waals surface area contributed by atoms with Crippen LogP contribution < -0.4 is 10.1 Å². The smallest absolute Gasteiger partial charge is 0.262 e. The zero-order chi connectivity index (χ0) is 25.2. The Morgan fingerprint density at radius 3 is 2.46 bits per heavy atom. The number of carbonyl (C=O) groups excluding carboxylic acids is 1. The Labute approximate surface area is 216 Å². The standard InChI is InChI=1S/C31H30N4O2/c1-21-18-28-29(34-35(33-28)30-13-7-11-24-10-5-6-12-26(24)30)19-27(21)32-31(36)20-37-25-16-14-23(15-17-25)22-8-3-2-4-9-22/h5-7,10-19,22H,2-4,8-9,20H2,1H3,(H,32,36). The summed E-state index contributed by atoms with van der Waals surface area (Å²) >= 11 is 0. The van der Waals surface area contributed by atoms with E-state index in [2.05, 4.69) is 35.6 Å². The molecule has 0 saturated heterocycles. The Hall–Kier alpha value is -4.19. The topological polar surface area (TPSA) is 69.0 Å². The summed E-state index contributed by atoms with van der Waals surface area (Å²) in [6.07, 6.45) is 6.51. The second kappa shape index (κ2) is 10.1. The molecule has 6 rings (SSSR count). The van der Waals surface area contributed by atoms with Gasteiger partial charge in [0.1, 0.15) is 16.8 Å². The number of aromatic nitrogens is 3. The lowest BCUT2D eigenvalue weighted by molar-refractivity contribution is -0.118. The number of hydrogen-bond acceptors (Lipinski definition) is 4. The Morgan fingerprint density at radius 2 is 1.65 bits per heavy atom. The van der Waals surface area contributed by atoms with Gasteiger partial charge in [0, 0.05) is 11.1 Å². The molecule has 6 heteroatoms. The molecule has 37 heavy (non-hydrogen) atoms. The van der Waals surface area contributed by atoms with Crippen LogP contribution in [-0.2, 0) is 4.79 Å². The third-order valence-electron chi connectivity index (χ3n) is 7.31. The molecule has 1 saturated carbocycles. The number of aryl methyl sites for hydroxylation is 1. The van der Waals surface area contributed by atoms with Crippen molar-refractivity contribution in [3.63, 3.8) is 0 Å². The van der Waals surface area contributed by atoms with E-state index >= 15 is 0 Å². The highest BCUT2D eigenvalue weighted by molar-refractivity contribution is 5.95. The van der Waals surface area contributed by atoms with E-state index in [0.29, 0.717) is 22.9 Å².